The smallest absolute Gasteiger partial charge is 0.435 e. The molecule has 2 heterocycles. The lowest BCUT2D eigenvalue weighted by Crippen LogP contribution is -2.36. The summed E-state index contributed by atoms with van der Waals surface area (Å²) in [5.74, 6) is -0.937. The number of aromatic nitrogens is 2. The van der Waals surface area contributed by atoms with Crippen LogP contribution in [-0.2, 0) is 35.3 Å². The molecule has 254 valence electrons. The first-order valence-electron chi connectivity index (χ1n) is 14.7. The van der Waals surface area contributed by atoms with Gasteiger partial charge in [0.05, 0.1) is 28.8 Å². The third kappa shape index (κ3) is 9.67. The molecule has 2 aromatic carbocycles. The number of nitrogens with zero attached hydrogens (tertiary/aromatic N) is 5. The molecule has 2 unspecified atom stereocenters. The average molecular weight is 681 g/mol. The number of carbonyl (C=O) groups excluding carboxylic acids is 2. The molecule has 0 bridgehead atoms. The molecule has 1 aromatic heterocycles. The maximum atomic E-state index is 13.5. The van der Waals surface area contributed by atoms with Gasteiger partial charge in [-0.2, -0.15) is 18.3 Å². The van der Waals surface area contributed by atoms with Crippen LogP contribution < -0.4 is 4.72 Å². The third-order valence-corrected chi connectivity index (χ3v) is 8.34. The van der Waals surface area contributed by atoms with Crippen molar-refractivity contribution in [1.82, 2.24) is 19.5 Å². The summed E-state index contributed by atoms with van der Waals surface area (Å²) in [6.45, 7) is 7.53. The Morgan fingerprint density at radius 3 is 2.40 bits per heavy atom. The lowest BCUT2D eigenvalue weighted by Gasteiger charge is -2.29. The van der Waals surface area contributed by atoms with Crippen LogP contribution in [0, 0.1) is 18.8 Å². The van der Waals surface area contributed by atoms with E-state index in [9.17, 15) is 31.2 Å². The summed E-state index contributed by atoms with van der Waals surface area (Å²) in [5, 5.41) is 12.9. The number of alkyl halides is 3. The summed E-state index contributed by atoms with van der Waals surface area (Å²) < 4.78 is 79.4. The van der Waals surface area contributed by atoms with Gasteiger partial charge in [-0.1, -0.05) is 43.7 Å². The zero-order valence-electron chi connectivity index (χ0n) is 26.1. The summed E-state index contributed by atoms with van der Waals surface area (Å²) in [6.07, 6.45) is -5.44. The van der Waals surface area contributed by atoms with Gasteiger partial charge >= 0.3 is 18.2 Å². The summed E-state index contributed by atoms with van der Waals surface area (Å²) in [5.41, 5.74) is 0.629. The van der Waals surface area contributed by atoms with Crippen LogP contribution >= 0.6 is 0 Å². The van der Waals surface area contributed by atoms with Gasteiger partial charge in [0.2, 0.25) is 0 Å². The fraction of sp³-hybridized carbons (Fsp3) is 0.433. The van der Waals surface area contributed by atoms with Crippen molar-refractivity contribution in [3.8, 4) is 16.9 Å². The Balaban J connectivity index is 1.34. The van der Waals surface area contributed by atoms with Gasteiger partial charge in [0.25, 0.3) is 16.3 Å². The van der Waals surface area contributed by atoms with Gasteiger partial charge in [0, 0.05) is 36.8 Å². The molecule has 0 radical (unpaired) electrons. The zero-order valence-corrected chi connectivity index (χ0v) is 26.9. The van der Waals surface area contributed by atoms with Gasteiger partial charge < -0.3 is 14.3 Å². The molecule has 4 rings (SSSR count). The highest BCUT2D eigenvalue weighted by Crippen LogP contribution is 2.33. The molecular formula is C30H35F3N6O7S. The number of nitrogens with one attached hydrogen (secondary N) is 1. The van der Waals surface area contributed by atoms with Crippen LogP contribution in [0.4, 0.5) is 18.0 Å². The highest BCUT2D eigenvalue weighted by Gasteiger charge is 2.35. The number of carbonyl (C=O) groups is 2. The van der Waals surface area contributed by atoms with E-state index in [4.69, 9.17) is 14.3 Å². The minimum atomic E-state index is -4.70. The first-order chi connectivity index (χ1) is 22.1. The molecule has 1 N–H and O–H groups in total. The minimum Gasteiger partial charge on any atom is -0.448 e. The van der Waals surface area contributed by atoms with Crippen molar-refractivity contribution in [2.45, 2.75) is 57.9 Å². The predicted molar refractivity (Wildman–Crippen MR) is 161 cm³/mol. The summed E-state index contributed by atoms with van der Waals surface area (Å²) in [4.78, 5) is 28.7. The van der Waals surface area contributed by atoms with Crippen molar-refractivity contribution in [2.75, 3.05) is 19.7 Å². The molecule has 1 aliphatic rings. The highest BCUT2D eigenvalue weighted by atomic mass is 32.2. The Kier molecular flexibility index (Phi) is 11.1. The number of amides is 1. The molecule has 0 spiro atoms. The lowest BCUT2D eigenvalue weighted by atomic mass is 10.0. The van der Waals surface area contributed by atoms with Crippen molar-refractivity contribution in [1.29, 1.82) is 0 Å². The van der Waals surface area contributed by atoms with Gasteiger partial charge in [0.1, 0.15) is 0 Å². The molecule has 0 aliphatic carbocycles. The van der Waals surface area contributed by atoms with Crippen molar-refractivity contribution in [3.05, 3.63) is 65.9 Å². The van der Waals surface area contributed by atoms with Gasteiger partial charge in [-0.25, -0.2) is 22.6 Å². The summed E-state index contributed by atoms with van der Waals surface area (Å²) >= 11 is 0. The van der Waals surface area contributed by atoms with E-state index in [-0.39, 0.29) is 34.7 Å². The Bertz CT molecular complexity index is 1680. The third-order valence-electron chi connectivity index (χ3n) is 7.02. The Hall–Kier alpha value is -4.67. The van der Waals surface area contributed by atoms with Crippen LogP contribution in [0.1, 0.15) is 44.9 Å². The van der Waals surface area contributed by atoms with Crippen LogP contribution in [0.25, 0.3) is 16.9 Å². The normalized spacial score (nSPS) is 16.3. The van der Waals surface area contributed by atoms with Crippen LogP contribution in [-0.4, -0.2) is 61.3 Å². The molecule has 3 aromatic rings. The Morgan fingerprint density at radius 1 is 1.09 bits per heavy atom. The molecular weight excluding hydrogens is 645 g/mol. The first kappa shape index (κ1) is 35.2. The van der Waals surface area contributed by atoms with Gasteiger partial charge in [-0.05, 0) is 55.3 Å². The van der Waals surface area contributed by atoms with E-state index in [0.29, 0.717) is 31.5 Å². The SMILES string of the molecule is Cc1ccc(-c2cc(C(F)(F)F)nn2-c2ccc(S(=O)(=O)NC(=O)OCC3CCCN(N=NOC(C)OC(=O)C(C)C)C3)cc2)cc1. The Labute approximate surface area is 269 Å². The number of hydrogen-bond acceptors (Lipinski definition) is 10. The van der Waals surface area contributed by atoms with Crippen molar-refractivity contribution in [2.24, 2.45) is 22.3 Å². The molecule has 1 amide bonds. The van der Waals surface area contributed by atoms with E-state index in [1.54, 1.807) is 43.1 Å². The molecule has 47 heavy (non-hydrogen) atoms. The van der Waals surface area contributed by atoms with Gasteiger partial charge in [-0.15, -0.1) is 0 Å². The number of halogens is 3. The molecule has 13 nitrogen and oxygen atoms in total. The topological polar surface area (TPSA) is 154 Å². The molecule has 0 saturated carbocycles. The number of rotatable bonds is 11. The number of aryl methyl sites for hydroxylation is 1. The van der Waals surface area contributed by atoms with Crippen LogP contribution in [0.5, 0.6) is 0 Å². The van der Waals surface area contributed by atoms with E-state index in [2.05, 4.69) is 15.6 Å². The monoisotopic (exact) mass is 680 g/mol. The Morgan fingerprint density at radius 2 is 1.77 bits per heavy atom. The van der Waals surface area contributed by atoms with Crippen molar-refractivity contribution < 1.29 is 45.5 Å². The molecule has 17 heteroatoms. The van der Waals surface area contributed by atoms with Crippen LogP contribution in [0.3, 0.4) is 0 Å². The standard InChI is InChI=1S/C30H35F3N6O7S/c1-19(2)28(40)45-21(4)46-37-36-38-15-5-6-22(17-38)18-44-29(41)35-47(42,43)25-13-11-24(12-14-25)39-26(16-27(34-39)30(31,32)33)23-9-7-20(3)8-10-23/h7-14,16,19,21-22H,5-6,15,17-18H2,1-4H3,(H,35,41). The zero-order chi connectivity index (χ0) is 34.4. The van der Waals surface area contributed by atoms with Crippen molar-refractivity contribution in [3.63, 3.8) is 0 Å². The van der Waals surface area contributed by atoms with E-state index in [1.807, 2.05) is 11.6 Å². The number of benzene rings is 2. The number of hydrogen-bond donors (Lipinski definition) is 1. The second-order valence-corrected chi connectivity index (χ2v) is 12.9. The summed E-state index contributed by atoms with van der Waals surface area (Å²) in [6, 6.07) is 12.6. The summed E-state index contributed by atoms with van der Waals surface area (Å²) in [7, 11) is -4.37. The quantitative estimate of drug-likeness (QED) is 0.114. The van der Waals surface area contributed by atoms with E-state index in [1.165, 1.54) is 19.1 Å². The average Bonchev–Trinajstić information content (AvgIpc) is 3.47. The van der Waals surface area contributed by atoms with E-state index >= 15 is 0 Å². The van der Waals surface area contributed by atoms with Gasteiger partial charge in [-0.3, -0.25) is 9.80 Å². The minimum absolute atomic E-state index is 0.0990. The molecule has 1 fully saturated rings. The number of sulfonamides is 1. The van der Waals surface area contributed by atoms with Crippen LogP contribution in [0.2, 0.25) is 0 Å². The molecule has 1 aliphatic heterocycles. The lowest BCUT2D eigenvalue weighted by molar-refractivity contribution is -0.181. The predicted octanol–water partition coefficient (Wildman–Crippen LogP) is 5.84. The maximum absolute atomic E-state index is 13.5. The van der Waals surface area contributed by atoms with Crippen LogP contribution in [0.15, 0.2) is 70.0 Å². The fourth-order valence-electron chi connectivity index (χ4n) is 4.53. The fourth-order valence-corrected chi connectivity index (χ4v) is 5.42. The maximum Gasteiger partial charge on any atom is 0.435 e. The number of esters is 1. The molecule has 1 saturated heterocycles. The largest absolute Gasteiger partial charge is 0.448 e. The number of ether oxygens (including phenoxy) is 2. The van der Waals surface area contributed by atoms with E-state index in [0.717, 1.165) is 28.4 Å². The van der Waals surface area contributed by atoms with Gasteiger partial charge in [0.15, 0.2) is 5.69 Å². The first-order valence-corrected chi connectivity index (χ1v) is 16.2. The second kappa shape index (κ2) is 14.8. The second-order valence-electron chi connectivity index (χ2n) is 11.2. The highest BCUT2D eigenvalue weighted by molar-refractivity contribution is 7.90. The van der Waals surface area contributed by atoms with E-state index < -0.39 is 40.2 Å². The van der Waals surface area contributed by atoms with Crippen molar-refractivity contribution >= 4 is 22.1 Å². The number of piperidine rings is 1. The molecule has 2 atom stereocenters.